The third-order valence-electron chi connectivity index (χ3n) is 2.65. The van der Waals surface area contributed by atoms with Crippen LogP contribution >= 0.6 is 27.5 Å². The quantitative estimate of drug-likeness (QED) is 0.610. The molecule has 1 aromatic heterocycles. The molecule has 0 radical (unpaired) electrons. The summed E-state index contributed by atoms with van der Waals surface area (Å²) in [5.41, 5.74) is 1.03. The average Bonchev–Trinajstić information content (AvgIpc) is 2.59. The van der Waals surface area contributed by atoms with Crippen LogP contribution in [0.3, 0.4) is 0 Å². The van der Waals surface area contributed by atoms with Crippen LogP contribution in [0.2, 0.25) is 5.02 Å². The summed E-state index contributed by atoms with van der Waals surface area (Å²) in [5, 5.41) is 14.9. The number of halogens is 3. The second-order valence-electron chi connectivity index (χ2n) is 3.91. The van der Waals surface area contributed by atoms with Crippen molar-refractivity contribution in [3.8, 4) is 5.69 Å². The lowest BCUT2D eigenvalue weighted by Crippen LogP contribution is -2.04. The molecule has 19 heavy (non-hydrogen) atoms. The van der Waals surface area contributed by atoms with Gasteiger partial charge < -0.3 is 0 Å². The van der Waals surface area contributed by atoms with E-state index in [0.717, 1.165) is 16.6 Å². The Labute approximate surface area is 121 Å². The number of nitrogens with zero attached hydrogens (tertiary/aromatic N) is 3. The maximum absolute atomic E-state index is 13.5. The number of aryl methyl sites for hydroxylation is 1. The summed E-state index contributed by atoms with van der Waals surface area (Å²) in [6.07, 6.45) is 0. The fraction of sp³-hybridized carbons (Fsp3) is 0.182. The molecule has 8 heteroatoms. The van der Waals surface area contributed by atoms with Crippen molar-refractivity contribution in [1.29, 1.82) is 0 Å². The molecule has 0 bridgehead atoms. The summed E-state index contributed by atoms with van der Waals surface area (Å²) in [5.74, 6) is -0.731. The summed E-state index contributed by atoms with van der Waals surface area (Å²) in [6.45, 7) is 3.46. The molecule has 0 aliphatic carbocycles. The number of rotatable bonds is 2. The Morgan fingerprint density at radius 2 is 2.11 bits per heavy atom. The highest BCUT2D eigenvalue weighted by Crippen LogP contribution is 2.31. The van der Waals surface area contributed by atoms with Crippen LogP contribution < -0.4 is 0 Å². The summed E-state index contributed by atoms with van der Waals surface area (Å²) >= 11 is 8.89. The fourth-order valence-electron chi connectivity index (χ4n) is 1.70. The van der Waals surface area contributed by atoms with E-state index >= 15 is 0 Å². The van der Waals surface area contributed by atoms with Crippen LogP contribution in [0, 0.1) is 29.8 Å². The lowest BCUT2D eigenvalue weighted by atomic mass is 10.2. The van der Waals surface area contributed by atoms with Crippen LogP contribution in [0.25, 0.3) is 5.69 Å². The van der Waals surface area contributed by atoms with Crippen molar-refractivity contribution < 1.29 is 9.31 Å². The van der Waals surface area contributed by atoms with E-state index in [1.54, 1.807) is 13.8 Å². The van der Waals surface area contributed by atoms with E-state index in [-0.39, 0.29) is 16.4 Å². The van der Waals surface area contributed by atoms with Gasteiger partial charge in [0.05, 0.1) is 25.8 Å². The van der Waals surface area contributed by atoms with Gasteiger partial charge in [0.1, 0.15) is 11.5 Å². The zero-order valence-electron chi connectivity index (χ0n) is 9.95. The van der Waals surface area contributed by atoms with Gasteiger partial charge in [-0.15, -0.1) is 0 Å². The Morgan fingerprint density at radius 1 is 1.47 bits per heavy atom. The first-order chi connectivity index (χ1) is 8.82. The van der Waals surface area contributed by atoms with E-state index in [9.17, 15) is 14.5 Å². The monoisotopic (exact) mass is 347 g/mol. The van der Waals surface area contributed by atoms with Gasteiger partial charge >= 0.3 is 0 Å². The molecular weight excluding hydrogens is 340 g/mol. The first-order valence-electron chi connectivity index (χ1n) is 5.18. The van der Waals surface area contributed by atoms with E-state index in [4.69, 9.17) is 11.6 Å². The summed E-state index contributed by atoms with van der Waals surface area (Å²) in [6, 6.07) is 1.99. The highest BCUT2D eigenvalue weighted by molar-refractivity contribution is 9.10. The second kappa shape index (κ2) is 4.90. The number of nitro benzene ring substituents is 1. The maximum atomic E-state index is 13.5. The van der Waals surface area contributed by atoms with E-state index in [2.05, 4.69) is 21.0 Å². The molecular formula is C11H8BrClFN3O2. The van der Waals surface area contributed by atoms with Gasteiger partial charge in [0.2, 0.25) is 0 Å². The molecule has 1 heterocycles. The maximum Gasteiger partial charge on any atom is 0.296 e. The Hall–Kier alpha value is -1.47. The standard InChI is InChI=1S/C11H8BrClFN3O2/c1-5-11(12)6(2)16(15-5)9-4-8(14)7(13)3-10(9)17(18)19/h3-4H,1-2H3. The SMILES string of the molecule is Cc1nn(-c2cc(F)c(Cl)cc2[N+](=O)[O-])c(C)c1Br. The Kier molecular flexibility index (Phi) is 3.60. The third-order valence-corrected chi connectivity index (χ3v) is 4.08. The molecule has 100 valence electrons. The van der Waals surface area contributed by atoms with Crippen LogP contribution in [0.4, 0.5) is 10.1 Å². The van der Waals surface area contributed by atoms with Crippen LogP contribution in [0.1, 0.15) is 11.4 Å². The number of benzene rings is 1. The first kappa shape index (κ1) is 14.0. The number of aromatic nitrogens is 2. The van der Waals surface area contributed by atoms with Gasteiger partial charge in [-0.05, 0) is 29.8 Å². The van der Waals surface area contributed by atoms with Gasteiger partial charge in [0, 0.05) is 12.1 Å². The predicted molar refractivity (Wildman–Crippen MR) is 72.4 cm³/mol. The molecule has 0 saturated carbocycles. The van der Waals surface area contributed by atoms with Crippen LogP contribution in [0.15, 0.2) is 16.6 Å². The molecule has 0 N–H and O–H groups in total. The number of hydrogen-bond donors (Lipinski definition) is 0. The van der Waals surface area contributed by atoms with Gasteiger partial charge in [0.25, 0.3) is 5.69 Å². The topological polar surface area (TPSA) is 61.0 Å². The van der Waals surface area contributed by atoms with E-state index in [0.29, 0.717) is 11.4 Å². The average molecular weight is 349 g/mol. The molecule has 2 aromatic rings. The van der Waals surface area contributed by atoms with Crippen molar-refractivity contribution in [3.05, 3.63) is 48.9 Å². The number of hydrogen-bond acceptors (Lipinski definition) is 3. The lowest BCUT2D eigenvalue weighted by molar-refractivity contribution is -0.384. The molecule has 0 unspecified atom stereocenters. The minimum Gasteiger partial charge on any atom is -0.258 e. The molecule has 0 saturated heterocycles. The highest BCUT2D eigenvalue weighted by Gasteiger charge is 2.22. The van der Waals surface area contributed by atoms with Gasteiger partial charge in [-0.3, -0.25) is 10.1 Å². The van der Waals surface area contributed by atoms with Crippen LogP contribution in [0.5, 0.6) is 0 Å². The molecule has 0 fully saturated rings. The number of nitro groups is 1. The van der Waals surface area contributed by atoms with E-state index < -0.39 is 10.7 Å². The first-order valence-corrected chi connectivity index (χ1v) is 6.35. The van der Waals surface area contributed by atoms with Crippen molar-refractivity contribution in [3.63, 3.8) is 0 Å². The van der Waals surface area contributed by atoms with Crippen molar-refractivity contribution in [2.24, 2.45) is 0 Å². The summed E-state index contributed by atoms with van der Waals surface area (Å²) in [4.78, 5) is 10.4. The molecule has 2 rings (SSSR count). The summed E-state index contributed by atoms with van der Waals surface area (Å²) < 4.78 is 15.6. The van der Waals surface area contributed by atoms with Crippen LogP contribution in [-0.2, 0) is 0 Å². The van der Waals surface area contributed by atoms with Crippen molar-refractivity contribution >= 4 is 33.2 Å². The molecule has 0 aliphatic rings. The third kappa shape index (κ3) is 2.35. The zero-order chi connectivity index (χ0) is 14.3. The van der Waals surface area contributed by atoms with Crippen molar-refractivity contribution in [2.45, 2.75) is 13.8 Å². The molecule has 0 spiro atoms. The normalized spacial score (nSPS) is 10.8. The smallest absolute Gasteiger partial charge is 0.258 e. The fourth-order valence-corrected chi connectivity index (χ4v) is 2.11. The predicted octanol–water partition coefficient (Wildman–Crippen LogP) is 3.95. The van der Waals surface area contributed by atoms with Crippen LogP contribution in [-0.4, -0.2) is 14.7 Å². The molecule has 0 aliphatic heterocycles. The zero-order valence-corrected chi connectivity index (χ0v) is 12.3. The van der Waals surface area contributed by atoms with E-state index in [1.807, 2.05) is 0 Å². The Morgan fingerprint density at radius 3 is 2.58 bits per heavy atom. The van der Waals surface area contributed by atoms with E-state index in [1.165, 1.54) is 4.68 Å². The molecule has 5 nitrogen and oxygen atoms in total. The lowest BCUT2D eigenvalue weighted by Gasteiger charge is -2.06. The molecule has 1 aromatic carbocycles. The highest BCUT2D eigenvalue weighted by atomic mass is 79.9. The van der Waals surface area contributed by atoms with Gasteiger partial charge in [-0.1, -0.05) is 11.6 Å². The van der Waals surface area contributed by atoms with Gasteiger partial charge in [-0.2, -0.15) is 5.10 Å². The molecule has 0 atom stereocenters. The second-order valence-corrected chi connectivity index (χ2v) is 5.11. The largest absolute Gasteiger partial charge is 0.296 e. The Bertz CT molecular complexity index is 687. The minimum atomic E-state index is -0.731. The van der Waals surface area contributed by atoms with Gasteiger partial charge in [-0.25, -0.2) is 9.07 Å². The Balaban J connectivity index is 2.77. The minimum absolute atomic E-state index is 0.0400. The summed E-state index contributed by atoms with van der Waals surface area (Å²) in [7, 11) is 0. The van der Waals surface area contributed by atoms with Gasteiger partial charge in [0.15, 0.2) is 0 Å². The molecule has 0 amide bonds. The van der Waals surface area contributed by atoms with Crippen molar-refractivity contribution in [2.75, 3.05) is 0 Å². The van der Waals surface area contributed by atoms with Crippen molar-refractivity contribution in [1.82, 2.24) is 9.78 Å².